The minimum atomic E-state index is -0.0258. The van der Waals surface area contributed by atoms with Crippen molar-refractivity contribution in [2.24, 2.45) is 0 Å². The minimum Gasteiger partial charge on any atom is -0.346 e. The number of hydrogen-bond acceptors (Lipinski definition) is 1. The van der Waals surface area contributed by atoms with Crippen LogP contribution in [0.5, 0.6) is 0 Å². The molecule has 1 amide bonds. The first kappa shape index (κ1) is 18.5. The van der Waals surface area contributed by atoms with E-state index in [1.165, 1.54) is 16.7 Å². The molecule has 0 fully saturated rings. The highest BCUT2D eigenvalue weighted by atomic mass is 16.1. The number of fused-ring (bicyclic) bond motifs is 1. The molecule has 0 saturated carbocycles. The molecular formula is C25H27N2O+. The quantitative estimate of drug-likeness (QED) is 0.709. The van der Waals surface area contributed by atoms with Gasteiger partial charge in [0.15, 0.2) is 0 Å². The number of rotatable bonds is 5. The number of nitrogens with one attached hydrogen (secondary N) is 2. The Bertz CT molecular complexity index is 934. The van der Waals surface area contributed by atoms with Gasteiger partial charge in [-0.1, -0.05) is 66.7 Å². The SMILES string of the molecule is CC(NC(=O)c1ccc(C[NH+]2CCc3ccccc3C2)cc1)c1ccccc1. The summed E-state index contributed by atoms with van der Waals surface area (Å²) in [5.41, 5.74) is 6.06. The van der Waals surface area contributed by atoms with Gasteiger partial charge in [-0.25, -0.2) is 0 Å². The molecule has 2 N–H and O–H groups in total. The largest absolute Gasteiger partial charge is 0.346 e. The summed E-state index contributed by atoms with van der Waals surface area (Å²) in [7, 11) is 0. The first-order valence-corrected chi connectivity index (χ1v) is 10.0. The van der Waals surface area contributed by atoms with E-state index in [1.807, 2.05) is 49.4 Å². The fraction of sp³-hybridized carbons (Fsp3) is 0.240. The average Bonchev–Trinajstić information content (AvgIpc) is 2.75. The number of hydrogen-bond donors (Lipinski definition) is 2. The number of benzene rings is 3. The standard InChI is InChI=1S/C25H26N2O/c1-19(21-7-3-2-4-8-21)26-25(28)23-13-11-20(12-14-23)17-27-16-15-22-9-5-6-10-24(22)18-27/h2-14,19H,15-18H2,1H3,(H,26,28)/p+1. The molecule has 0 spiro atoms. The van der Waals surface area contributed by atoms with Crippen molar-refractivity contribution in [3.8, 4) is 0 Å². The van der Waals surface area contributed by atoms with Gasteiger partial charge in [0.1, 0.15) is 13.1 Å². The van der Waals surface area contributed by atoms with Crippen molar-refractivity contribution in [3.05, 3.63) is 107 Å². The van der Waals surface area contributed by atoms with E-state index in [0.717, 1.165) is 31.6 Å². The molecule has 2 atom stereocenters. The Hall–Kier alpha value is -2.91. The van der Waals surface area contributed by atoms with E-state index in [-0.39, 0.29) is 11.9 Å². The van der Waals surface area contributed by atoms with Gasteiger partial charge in [0.25, 0.3) is 5.91 Å². The van der Waals surface area contributed by atoms with Crippen molar-refractivity contribution >= 4 is 5.91 Å². The van der Waals surface area contributed by atoms with Crippen LogP contribution in [0.15, 0.2) is 78.9 Å². The Balaban J connectivity index is 1.35. The lowest BCUT2D eigenvalue weighted by atomic mass is 9.99. The molecule has 0 saturated heterocycles. The van der Waals surface area contributed by atoms with Crippen LogP contribution >= 0.6 is 0 Å². The van der Waals surface area contributed by atoms with Crippen molar-refractivity contribution in [1.82, 2.24) is 5.32 Å². The van der Waals surface area contributed by atoms with Crippen LogP contribution in [0.4, 0.5) is 0 Å². The molecular weight excluding hydrogens is 344 g/mol. The second-order valence-corrected chi connectivity index (χ2v) is 7.68. The highest BCUT2D eigenvalue weighted by Crippen LogP contribution is 2.14. The summed E-state index contributed by atoms with van der Waals surface area (Å²) in [4.78, 5) is 14.1. The third-order valence-electron chi connectivity index (χ3n) is 5.62. The van der Waals surface area contributed by atoms with Crippen LogP contribution in [0, 0.1) is 0 Å². The zero-order valence-corrected chi connectivity index (χ0v) is 16.3. The van der Waals surface area contributed by atoms with Gasteiger partial charge in [0.05, 0.1) is 12.6 Å². The van der Waals surface area contributed by atoms with Crippen LogP contribution in [-0.4, -0.2) is 12.5 Å². The normalized spacial score (nSPS) is 16.8. The first-order chi connectivity index (χ1) is 13.7. The number of quaternary nitrogens is 1. The zero-order valence-electron chi connectivity index (χ0n) is 16.3. The van der Waals surface area contributed by atoms with Crippen molar-refractivity contribution in [1.29, 1.82) is 0 Å². The van der Waals surface area contributed by atoms with E-state index in [1.54, 1.807) is 4.90 Å². The third kappa shape index (κ3) is 4.32. The van der Waals surface area contributed by atoms with Crippen molar-refractivity contribution in [2.75, 3.05) is 6.54 Å². The van der Waals surface area contributed by atoms with Gasteiger partial charge in [0, 0.05) is 23.1 Å². The topological polar surface area (TPSA) is 33.5 Å². The zero-order chi connectivity index (χ0) is 19.3. The predicted molar refractivity (Wildman–Crippen MR) is 112 cm³/mol. The molecule has 0 aromatic heterocycles. The summed E-state index contributed by atoms with van der Waals surface area (Å²) in [5, 5.41) is 3.08. The van der Waals surface area contributed by atoms with Crippen LogP contribution in [0.3, 0.4) is 0 Å². The highest BCUT2D eigenvalue weighted by Gasteiger charge is 2.19. The summed E-state index contributed by atoms with van der Waals surface area (Å²) in [6.07, 6.45) is 1.14. The predicted octanol–water partition coefficient (Wildman–Crippen LogP) is 3.32. The molecule has 28 heavy (non-hydrogen) atoms. The fourth-order valence-corrected chi connectivity index (χ4v) is 3.96. The maximum atomic E-state index is 12.6. The second-order valence-electron chi connectivity index (χ2n) is 7.68. The molecule has 2 unspecified atom stereocenters. The van der Waals surface area contributed by atoms with Crippen LogP contribution in [-0.2, 0) is 19.5 Å². The average molecular weight is 372 g/mol. The maximum absolute atomic E-state index is 12.6. The molecule has 3 heteroatoms. The Morgan fingerprint density at radius 1 is 0.929 bits per heavy atom. The lowest BCUT2D eigenvalue weighted by Crippen LogP contribution is -3.10. The van der Waals surface area contributed by atoms with Gasteiger partial charge in [-0.3, -0.25) is 4.79 Å². The Morgan fingerprint density at radius 3 is 2.36 bits per heavy atom. The van der Waals surface area contributed by atoms with E-state index in [0.29, 0.717) is 5.56 Å². The van der Waals surface area contributed by atoms with Crippen molar-refractivity contribution in [3.63, 3.8) is 0 Å². The smallest absolute Gasteiger partial charge is 0.251 e. The van der Waals surface area contributed by atoms with Crippen LogP contribution < -0.4 is 10.2 Å². The molecule has 142 valence electrons. The van der Waals surface area contributed by atoms with E-state index >= 15 is 0 Å². The van der Waals surface area contributed by atoms with Gasteiger partial charge in [-0.15, -0.1) is 0 Å². The van der Waals surface area contributed by atoms with Crippen LogP contribution in [0.1, 0.15) is 45.6 Å². The van der Waals surface area contributed by atoms with E-state index in [4.69, 9.17) is 0 Å². The lowest BCUT2D eigenvalue weighted by Gasteiger charge is -2.26. The number of amides is 1. The minimum absolute atomic E-state index is 0.00811. The third-order valence-corrected chi connectivity index (χ3v) is 5.62. The fourth-order valence-electron chi connectivity index (χ4n) is 3.96. The van der Waals surface area contributed by atoms with Crippen LogP contribution in [0.2, 0.25) is 0 Å². The molecule has 4 rings (SSSR count). The maximum Gasteiger partial charge on any atom is 0.251 e. The van der Waals surface area contributed by atoms with Crippen molar-refractivity contribution in [2.45, 2.75) is 32.5 Å². The monoisotopic (exact) mass is 371 g/mol. The van der Waals surface area contributed by atoms with Crippen molar-refractivity contribution < 1.29 is 9.69 Å². The molecule has 3 aromatic rings. The number of carbonyl (C=O) groups excluding carboxylic acids is 1. The van der Waals surface area contributed by atoms with Gasteiger partial charge in [-0.05, 0) is 30.2 Å². The van der Waals surface area contributed by atoms with E-state index < -0.39 is 0 Å². The van der Waals surface area contributed by atoms with Gasteiger partial charge in [-0.2, -0.15) is 0 Å². The molecule has 0 bridgehead atoms. The molecule has 1 aliphatic heterocycles. The second kappa shape index (κ2) is 8.41. The molecule has 3 aromatic carbocycles. The lowest BCUT2D eigenvalue weighted by molar-refractivity contribution is -0.929. The Kier molecular flexibility index (Phi) is 5.54. The highest BCUT2D eigenvalue weighted by molar-refractivity contribution is 5.94. The summed E-state index contributed by atoms with van der Waals surface area (Å²) >= 11 is 0. The Morgan fingerprint density at radius 2 is 1.61 bits per heavy atom. The molecule has 1 heterocycles. The summed E-state index contributed by atoms with van der Waals surface area (Å²) < 4.78 is 0. The molecule has 3 nitrogen and oxygen atoms in total. The van der Waals surface area contributed by atoms with Gasteiger partial charge < -0.3 is 10.2 Å². The van der Waals surface area contributed by atoms with Crippen LogP contribution in [0.25, 0.3) is 0 Å². The molecule has 0 radical (unpaired) electrons. The summed E-state index contributed by atoms with van der Waals surface area (Å²) in [5.74, 6) is -0.0258. The first-order valence-electron chi connectivity index (χ1n) is 10.0. The summed E-state index contributed by atoms with van der Waals surface area (Å²) in [6, 6.07) is 26.9. The number of carbonyl (C=O) groups is 1. The van der Waals surface area contributed by atoms with Gasteiger partial charge in [0.2, 0.25) is 0 Å². The Labute approximate surface area is 167 Å². The van der Waals surface area contributed by atoms with Gasteiger partial charge >= 0.3 is 0 Å². The molecule has 0 aliphatic carbocycles. The van der Waals surface area contributed by atoms with E-state index in [9.17, 15) is 4.79 Å². The summed E-state index contributed by atoms with van der Waals surface area (Å²) in [6.45, 7) is 5.25. The molecule has 1 aliphatic rings. The van der Waals surface area contributed by atoms with E-state index in [2.05, 4.69) is 41.7 Å².